The van der Waals surface area contributed by atoms with Gasteiger partial charge in [-0.1, -0.05) is 213 Å². The first-order chi connectivity index (χ1) is 22.7. The van der Waals surface area contributed by atoms with Gasteiger partial charge < -0.3 is 0 Å². The van der Waals surface area contributed by atoms with Crippen LogP contribution in [0.4, 0.5) is 0 Å². The molecule has 0 aromatic carbocycles. The van der Waals surface area contributed by atoms with Crippen molar-refractivity contribution in [1.82, 2.24) is 9.97 Å². The molecule has 1 rings (SSSR count). The van der Waals surface area contributed by atoms with E-state index in [4.69, 9.17) is 9.97 Å². The number of aryl methyl sites for hydroxylation is 2. The Balaban J connectivity index is 2.47. The lowest BCUT2D eigenvalue weighted by molar-refractivity contribution is 0.542. The van der Waals surface area contributed by atoms with Gasteiger partial charge >= 0.3 is 0 Å². The fourth-order valence-electron chi connectivity index (χ4n) is 7.22. The van der Waals surface area contributed by atoms with Gasteiger partial charge in [0.2, 0.25) is 0 Å². The van der Waals surface area contributed by atoms with E-state index in [1.807, 2.05) is 0 Å². The molecule has 0 N–H and O–H groups in total. The first-order valence-corrected chi connectivity index (χ1v) is 21.4. The topological polar surface area (TPSA) is 25.8 Å². The monoisotopic (exact) mass is 640 g/mol. The first-order valence-electron chi connectivity index (χ1n) is 21.4. The smallest absolute Gasteiger partial charge is 0.129 e. The predicted octanol–water partition coefficient (Wildman–Crippen LogP) is 15.2. The van der Waals surface area contributed by atoms with E-state index in [2.05, 4.69) is 27.7 Å². The predicted molar refractivity (Wildman–Crippen MR) is 207 cm³/mol. The maximum Gasteiger partial charge on any atom is 0.129 e. The fraction of sp³-hybridized carbons (Fsp3) is 0.886. The first kappa shape index (κ1) is 43.1. The van der Waals surface area contributed by atoms with E-state index in [9.17, 15) is 0 Å². The van der Waals surface area contributed by atoms with Crippen LogP contribution in [0.3, 0.4) is 0 Å². The van der Waals surface area contributed by atoms with Crippen molar-refractivity contribution in [2.45, 2.75) is 252 Å². The molecule has 269 valence electrons. The molecule has 0 fully saturated rings. The van der Waals surface area contributed by atoms with Crippen molar-refractivity contribution in [2.75, 3.05) is 0 Å². The molecule has 0 aliphatic heterocycles. The Morgan fingerprint density at radius 1 is 0.304 bits per heavy atom. The summed E-state index contributed by atoms with van der Waals surface area (Å²) in [7, 11) is 0. The lowest BCUT2D eigenvalue weighted by Gasteiger charge is -2.15. The molecular formula is C44H83N2. The molecule has 0 unspecified atom stereocenters. The van der Waals surface area contributed by atoms with Crippen molar-refractivity contribution in [3.8, 4) is 0 Å². The third kappa shape index (κ3) is 26.1. The van der Waals surface area contributed by atoms with Crippen molar-refractivity contribution >= 4 is 0 Å². The van der Waals surface area contributed by atoms with Crippen LogP contribution in [0.25, 0.3) is 0 Å². The summed E-state index contributed by atoms with van der Waals surface area (Å²) in [6.45, 7) is 11.2. The van der Waals surface area contributed by atoms with E-state index in [0.717, 1.165) is 18.7 Å². The van der Waals surface area contributed by atoms with E-state index in [0.29, 0.717) is 0 Å². The van der Waals surface area contributed by atoms with Crippen LogP contribution in [0.1, 0.15) is 255 Å². The standard InChI is InChI=1S/C44H83N2/c1-5-8-11-14-17-20-23-26-29-32-35-38-42-43(39-36-33-30-27-24-21-18-15-12-9-6-2)45-41(4)46-44(42)40-37-34-31-28-25-22-19-16-13-10-7-3/h4-40H2,1-3H3. The Morgan fingerprint density at radius 3 is 0.783 bits per heavy atom. The van der Waals surface area contributed by atoms with Crippen molar-refractivity contribution in [1.29, 1.82) is 0 Å². The second kappa shape index (κ2) is 34.0. The lowest BCUT2D eigenvalue weighted by Crippen LogP contribution is -2.09. The molecule has 0 bridgehead atoms. The summed E-state index contributed by atoms with van der Waals surface area (Å²) in [6, 6.07) is 0. The zero-order valence-corrected chi connectivity index (χ0v) is 32.1. The van der Waals surface area contributed by atoms with Gasteiger partial charge in [-0.25, -0.2) is 9.97 Å². The molecule has 0 saturated heterocycles. The molecule has 2 nitrogen and oxygen atoms in total. The van der Waals surface area contributed by atoms with E-state index < -0.39 is 0 Å². The van der Waals surface area contributed by atoms with E-state index >= 15 is 0 Å². The molecule has 2 heteroatoms. The molecule has 0 spiro atoms. The van der Waals surface area contributed by atoms with Crippen LogP contribution in [-0.4, -0.2) is 9.97 Å². The highest BCUT2D eigenvalue weighted by atomic mass is 14.9. The Kier molecular flexibility index (Phi) is 31.8. The molecular weight excluding hydrogens is 556 g/mol. The minimum absolute atomic E-state index is 0.763. The lowest BCUT2D eigenvalue weighted by atomic mass is 9.96. The SMILES string of the molecule is [CH2]c1nc(CCCCCCCCCCCCC)c(CCCCCCCCCCCCC)c(CCCCCCCCCCCCC)n1. The van der Waals surface area contributed by atoms with Crippen LogP contribution in [0.5, 0.6) is 0 Å². The summed E-state index contributed by atoms with van der Waals surface area (Å²) in [5.74, 6) is 0.763. The molecule has 1 radical (unpaired) electrons. The zero-order valence-electron chi connectivity index (χ0n) is 32.1. The highest BCUT2D eigenvalue weighted by Gasteiger charge is 2.13. The maximum absolute atomic E-state index is 4.97. The molecule has 0 atom stereocenters. The second-order valence-electron chi connectivity index (χ2n) is 14.9. The van der Waals surface area contributed by atoms with Gasteiger partial charge in [0, 0.05) is 18.3 Å². The van der Waals surface area contributed by atoms with Gasteiger partial charge in [0.25, 0.3) is 0 Å². The number of rotatable bonds is 36. The Morgan fingerprint density at radius 2 is 0.522 bits per heavy atom. The average molecular weight is 640 g/mol. The van der Waals surface area contributed by atoms with Gasteiger partial charge in [-0.3, -0.25) is 0 Å². The van der Waals surface area contributed by atoms with E-state index in [1.165, 1.54) is 235 Å². The maximum atomic E-state index is 4.97. The summed E-state index contributed by atoms with van der Waals surface area (Å²) < 4.78 is 0. The number of unbranched alkanes of at least 4 members (excludes halogenated alkanes) is 30. The molecule has 46 heavy (non-hydrogen) atoms. The fourth-order valence-corrected chi connectivity index (χ4v) is 7.22. The van der Waals surface area contributed by atoms with Crippen molar-refractivity contribution in [2.24, 2.45) is 0 Å². The van der Waals surface area contributed by atoms with Gasteiger partial charge in [-0.15, -0.1) is 0 Å². The minimum atomic E-state index is 0.763. The third-order valence-corrected chi connectivity index (χ3v) is 10.3. The number of hydrogen-bond donors (Lipinski definition) is 0. The third-order valence-electron chi connectivity index (χ3n) is 10.3. The highest BCUT2D eigenvalue weighted by Crippen LogP contribution is 2.22. The summed E-state index contributed by atoms with van der Waals surface area (Å²) in [6.07, 6.45) is 49.6. The highest BCUT2D eigenvalue weighted by molar-refractivity contribution is 5.27. The average Bonchev–Trinajstić information content (AvgIpc) is 3.05. The van der Waals surface area contributed by atoms with Gasteiger partial charge in [-0.05, 0) is 44.1 Å². The van der Waals surface area contributed by atoms with Crippen molar-refractivity contribution in [3.05, 3.63) is 29.7 Å². The quantitative estimate of drug-likeness (QED) is 0.0683. The Bertz CT molecular complexity index is 709. The van der Waals surface area contributed by atoms with Gasteiger partial charge in [0.15, 0.2) is 0 Å². The van der Waals surface area contributed by atoms with E-state index in [1.54, 1.807) is 0 Å². The Labute approximate surface area is 290 Å². The summed E-state index contributed by atoms with van der Waals surface area (Å²) in [4.78, 5) is 9.94. The van der Waals surface area contributed by atoms with Crippen LogP contribution < -0.4 is 0 Å². The molecule has 1 heterocycles. The zero-order chi connectivity index (χ0) is 33.2. The summed E-state index contributed by atoms with van der Waals surface area (Å²) >= 11 is 0. The second-order valence-corrected chi connectivity index (χ2v) is 14.9. The van der Waals surface area contributed by atoms with E-state index in [-0.39, 0.29) is 0 Å². The summed E-state index contributed by atoms with van der Waals surface area (Å²) in [5, 5.41) is 0. The van der Waals surface area contributed by atoms with Crippen LogP contribution in [0.15, 0.2) is 0 Å². The van der Waals surface area contributed by atoms with Gasteiger partial charge in [0.05, 0.1) is 0 Å². The number of aromatic nitrogens is 2. The molecule has 0 saturated carbocycles. The Hall–Kier alpha value is -0.920. The van der Waals surface area contributed by atoms with Crippen LogP contribution >= 0.6 is 0 Å². The number of nitrogens with zero attached hydrogens (tertiary/aromatic N) is 2. The largest absolute Gasteiger partial charge is 0.238 e. The van der Waals surface area contributed by atoms with Crippen molar-refractivity contribution in [3.63, 3.8) is 0 Å². The normalized spacial score (nSPS) is 11.6. The molecule has 0 amide bonds. The van der Waals surface area contributed by atoms with Gasteiger partial charge in [-0.2, -0.15) is 0 Å². The van der Waals surface area contributed by atoms with Crippen LogP contribution in [0.2, 0.25) is 0 Å². The van der Waals surface area contributed by atoms with Crippen LogP contribution in [0, 0.1) is 6.92 Å². The summed E-state index contributed by atoms with van der Waals surface area (Å²) in [5.41, 5.74) is 4.21. The van der Waals surface area contributed by atoms with Crippen LogP contribution in [-0.2, 0) is 19.3 Å². The minimum Gasteiger partial charge on any atom is -0.238 e. The van der Waals surface area contributed by atoms with Crippen molar-refractivity contribution < 1.29 is 0 Å². The molecule has 1 aromatic rings. The van der Waals surface area contributed by atoms with Gasteiger partial charge in [0.1, 0.15) is 5.82 Å². The molecule has 0 aliphatic carbocycles. The molecule has 1 aromatic heterocycles. The number of hydrogen-bond acceptors (Lipinski definition) is 2. The molecule has 0 aliphatic rings.